The summed E-state index contributed by atoms with van der Waals surface area (Å²) in [6, 6.07) is 0. The number of carbonyl (C=O) groups is 2. The summed E-state index contributed by atoms with van der Waals surface area (Å²) in [5.41, 5.74) is 0. The molecule has 15 heavy (non-hydrogen) atoms. The summed E-state index contributed by atoms with van der Waals surface area (Å²) in [4.78, 5) is 22.2. The first kappa shape index (κ1) is 14.5. The smallest absolute Gasteiger partial charge is 0.313 e. The van der Waals surface area contributed by atoms with Gasteiger partial charge < -0.3 is 9.84 Å². The van der Waals surface area contributed by atoms with Gasteiger partial charge in [0.25, 0.3) is 0 Å². The molecule has 0 bridgehead atoms. The van der Waals surface area contributed by atoms with Gasteiger partial charge in [-0.05, 0) is 13.8 Å². The zero-order valence-electron chi connectivity index (χ0n) is 9.36. The molecule has 0 aromatic carbocycles. The molecule has 0 aliphatic heterocycles. The molecule has 0 fully saturated rings. The molecule has 0 aromatic heterocycles. The van der Waals surface area contributed by atoms with Crippen LogP contribution in [0.4, 0.5) is 0 Å². The minimum absolute atomic E-state index is 0.00357. The van der Waals surface area contributed by atoms with Gasteiger partial charge in [0.1, 0.15) is 6.42 Å². The molecule has 0 saturated carbocycles. The van der Waals surface area contributed by atoms with Crippen LogP contribution in [0.2, 0.25) is 0 Å². The Morgan fingerprint density at radius 2 is 2.00 bits per heavy atom. The molecule has 0 aliphatic rings. The summed E-state index contributed by atoms with van der Waals surface area (Å²) in [5, 5.41) is 9.17. The molecule has 0 aromatic rings. The third-order valence-corrected chi connectivity index (χ3v) is 3.24. The largest absolute Gasteiger partial charge is 0.466 e. The van der Waals surface area contributed by atoms with E-state index < -0.39 is 12.1 Å². The van der Waals surface area contributed by atoms with Crippen molar-refractivity contribution in [2.24, 2.45) is 0 Å². The zero-order chi connectivity index (χ0) is 11.8. The summed E-state index contributed by atoms with van der Waals surface area (Å²) in [5.74, 6) is -0.399. The Morgan fingerprint density at radius 1 is 1.40 bits per heavy atom. The van der Waals surface area contributed by atoms with Crippen molar-refractivity contribution >= 4 is 23.5 Å². The summed E-state index contributed by atoms with van der Waals surface area (Å²) in [7, 11) is 0. The van der Waals surface area contributed by atoms with E-state index in [0.717, 1.165) is 0 Å². The number of ether oxygens (including phenoxy) is 1. The Morgan fingerprint density at radius 3 is 2.47 bits per heavy atom. The number of rotatable bonds is 7. The van der Waals surface area contributed by atoms with E-state index in [4.69, 9.17) is 0 Å². The number of aliphatic hydroxyl groups excluding tert-OH is 1. The van der Waals surface area contributed by atoms with Gasteiger partial charge in [0.2, 0.25) is 0 Å². The fourth-order valence-corrected chi connectivity index (χ4v) is 1.62. The number of aliphatic hydroxyl groups is 1. The number of esters is 1. The maximum absolute atomic E-state index is 11.3. The Labute approximate surface area is 94.4 Å². The van der Waals surface area contributed by atoms with Gasteiger partial charge in [-0.1, -0.05) is 6.92 Å². The van der Waals surface area contributed by atoms with Gasteiger partial charge in [-0.2, -0.15) is 0 Å². The first-order chi connectivity index (χ1) is 6.97. The fourth-order valence-electron chi connectivity index (χ4n) is 0.788. The lowest BCUT2D eigenvalue weighted by molar-refractivity contribution is -0.145. The standard InChI is InChI=1S/C10H18O4S/c1-4-14-10(13)5-9(12)6-15-8(3)7(2)11/h7-8,11H,4-6H2,1-3H3. The monoisotopic (exact) mass is 234 g/mol. The van der Waals surface area contributed by atoms with E-state index in [9.17, 15) is 14.7 Å². The highest BCUT2D eigenvalue weighted by Crippen LogP contribution is 2.14. The van der Waals surface area contributed by atoms with E-state index in [2.05, 4.69) is 4.74 Å². The number of ketones is 1. The van der Waals surface area contributed by atoms with Crippen LogP contribution in [-0.4, -0.2) is 40.6 Å². The van der Waals surface area contributed by atoms with Crippen molar-refractivity contribution in [1.29, 1.82) is 0 Å². The van der Waals surface area contributed by atoms with Crippen LogP contribution in [0.3, 0.4) is 0 Å². The molecule has 0 aliphatic carbocycles. The molecule has 5 heteroatoms. The Hall–Kier alpha value is -0.550. The average molecular weight is 234 g/mol. The highest BCUT2D eigenvalue weighted by atomic mass is 32.2. The maximum Gasteiger partial charge on any atom is 0.313 e. The number of hydrogen-bond donors (Lipinski definition) is 1. The Bertz CT molecular complexity index is 215. The molecular formula is C10H18O4S. The topological polar surface area (TPSA) is 63.6 Å². The Kier molecular flexibility index (Phi) is 7.42. The fraction of sp³-hybridized carbons (Fsp3) is 0.800. The van der Waals surface area contributed by atoms with Crippen LogP contribution in [0.25, 0.3) is 0 Å². The van der Waals surface area contributed by atoms with Gasteiger partial charge in [-0.3, -0.25) is 9.59 Å². The molecule has 0 amide bonds. The van der Waals surface area contributed by atoms with Crippen molar-refractivity contribution in [2.75, 3.05) is 12.4 Å². The van der Waals surface area contributed by atoms with Crippen LogP contribution >= 0.6 is 11.8 Å². The van der Waals surface area contributed by atoms with E-state index in [0.29, 0.717) is 6.61 Å². The number of hydrogen-bond acceptors (Lipinski definition) is 5. The molecule has 0 rings (SSSR count). The van der Waals surface area contributed by atoms with E-state index in [-0.39, 0.29) is 23.2 Å². The normalized spacial score (nSPS) is 14.4. The molecule has 0 saturated heterocycles. The molecular weight excluding hydrogens is 216 g/mol. The second-order valence-corrected chi connectivity index (χ2v) is 4.64. The van der Waals surface area contributed by atoms with Crippen LogP contribution in [0.15, 0.2) is 0 Å². The average Bonchev–Trinajstić information content (AvgIpc) is 2.14. The van der Waals surface area contributed by atoms with Crippen molar-refractivity contribution in [3.8, 4) is 0 Å². The zero-order valence-corrected chi connectivity index (χ0v) is 10.2. The molecule has 0 heterocycles. The quantitative estimate of drug-likeness (QED) is 0.526. The highest BCUT2D eigenvalue weighted by molar-refractivity contribution is 8.00. The minimum atomic E-state index is -0.479. The number of carbonyl (C=O) groups excluding carboxylic acids is 2. The molecule has 2 unspecified atom stereocenters. The van der Waals surface area contributed by atoms with Crippen LogP contribution in [0.1, 0.15) is 27.2 Å². The van der Waals surface area contributed by atoms with E-state index in [1.165, 1.54) is 11.8 Å². The molecule has 88 valence electrons. The van der Waals surface area contributed by atoms with Crippen molar-refractivity contribution in [3.05, 3.63) is 0 Å². The van der Waals surface area contributed by atoms with Gasteiger partial charge in [0.05, 0.1) is 18.5 Å². The number of Topliss-reactive ketones (excluding diaryl/α,β-unsaturated/α-hetero) is 1. The number of thioether (sulfide) groups is 1. The Balaban J connectivity index is 3.70. The lowest BCUT2D eigenvalue weighted by atomic mass is 10.3. The third-order valence-electron chi connectivity index (χ3n) is 1.83. The summed E-state index contributed by atoms with van der Waals surface area (Å²) in [6.07, 6.45) is -0.627. The predicted octanol–water partition coefficient (Wildman–Crippen LogP) is 1.01. The third kappa shape index (κ3) is 7.39. The lowest BCUT2D eigenvalue weighted by Gasteiger charge is -2.12. The van der Waals surface area contributed by atoms with Crippen molar-refractivity contribution in [2.45, 2.75) is 38.5 Å². The SMILES string of the molecule is CCOC(=O)CC(=O)CSC(C)C(C)O. The van der Waals surface area contributed by atoms with Crippen LogP contribution in [-0.2, 0) is 14.3 Å². The van der Waals surface area contributed by atoms with Crippen LogP contribution in [0.5, 0.6) is 0 Å². The van der Waals surface area contributed by atoms with Gasteiger partial charge in [-0.15, -0.1) is 11.8 Å². The molecule has 0 spiro atoms. The van der Waals surface area contributed by atoms with E-state index in [1.54, 1.807) is 13.8 Å². The molecule has 4 nitrogen and oxygen atoms in total. The summed E-state index contributed by atoms with van der Waals surface area (Å²) in [6.45, 7) is 5.51. The lowest BCUT2D eigenvalue weighted by Crippen LogP contribution is -2.19. The van der Waals surface area contributed by atoms with Gasteiger partial charge in [0.15, 0.2) is 5.78 Å². The summed E-state index contributed by atoms with van der Waals surface area (Å²) >= 11 is 1.35. The van der Waals surface area contributed by atoms with Gasteiger partial charge >= 0.3 is 5.97 Å². The van der Waals surface area contributed by atoms with E-state index in [1.807, 2.05) is 6.92 Å². The molecule has 1 N–H and O–H groups in total. The second-order valence-electron chi connectivity index (χ2n) is 3.28. The van der Waals surface area contributed by atoms with Crippen LogP contribution < -0.4 is 0 Å². The van der Waals surface area contributed by atoms with Crippen molar-refractivity contribution < 1.29 is 19.4 Å². The highest BCUT2D eigenvalue weighted by Gasteiger charge is 2.14. The van der Waals surface area contributed by atoms with Crippen molar-refractivity contribution in [1.82, 2.24) is 0 Å². The first-order valence-corrected chi connectivity index (χ1v) is 5.99. The molecule has 0 radical (unpaired) electrons. The van der Waals surface area contributed by atoms with E-state index >= 15 is 0 Å². The van der Waals surface area contributed by atoms with Crippen LogP contribution in [0, 0.1) is 0 Å². The molecule has 2 atom stereocenters. The second kappa shape index (κ2) is 7.70. The predicted molar refractivity (Wildman–Crippen MR) is 59.9 cm³/mol. The van der Waals surface area contributed by atoms with Gasteiger partial charge in [0, 0.05) is 5.25 Å². The summed E-state index contributed by atoms with van der Waals surface area (Å²) < 4.78 is 4.65. The van der Waals surface area contributed by atoms with Gasteiger partial charge in [-0.25, -0.2) is 0 Å². The maximum atomic E-state index is 11.3. The van der Waals surface area contributed by atoms with Crippen molar-refractivity contribution in [3.63, 3.8) is 0 Å². The first-order valence-electron chi connectivity index (χ1n) is 4.94. The minimum Gasteiger partial charge on any atom is -0.466 e.